The van der Waals surface area contributed by atoms with Crippen LogP contribution in [0.1, 0.15) is 23.6 Å². The molecule has 0 aliphatic heterocycles. The number of nitrogens with zero attached hydrogens (tertiary/aromatic N) is 1. The van der Waals surface area contributed by atoms with E-state index in [-0.39, 0.29) is 5.75 Å². The van der Waals surface area contributed by atoms with Crippen molar-refractivity contribution in [1.29, 1.82) is 0 Å². The van der Waals surface area contributed by atoms with Crippen LogP contribution in [0.15, 0.2) is 41.4 Å². The van der Waals surface area contributed by atoms with Crippen molar-refractivity contribution in [2.75, 3.05) is 6.61 Å². The van der Waals surface area contributed by atoms with E-state index >= 15 is 0 Å². The highest BCUT2D eigenvalue weighted by molar-refractivity contribution is 5.83. The first kappa shape index (κ1) is 14.1. The SMILES string of the molecule is CCOc1cc(C=Nc2cc(C)cc(C)c2)ccc1O. The van der Waals surface area contributed by atoms with E-state index in [2.05, 4.69) is 24.9 Å². The Morgan fingerprint density at radius 3 is 2.45 bits per heavy atom. The lowest BCUT2D eigenvalue weighted by molar-refractivity contribution is 0.318. The van der Waals surface area contributed by atoms with Gasteiger partial charge in [-0.3, -0.25) is 4.99 Å². The molecule has 3 heteroatoms. The fourth-order valence-electron chi connectivity index (χ4n) is 2.06. The minimum atomic E-state index is 0.149. The van der Waals surface area contributed by atoms with Gasteiger partial charge in [-0.2, -0.15) is 0 Å². The molecule has 0 unspecified atom stereocenters. The van der Waals surface area contributed by atoms with Gasteiger partial charge in [0.15, 0.2) is 11.5 Å². The molecule has 1 N–H and O–H groups in total. The lowest BCUT2D eigenvalue weighted by atomic mass is 10.1. The highest BCUT2D eigenvalue weighted by Crippen LogP contribution is 2.26. The monoisotopic (exact) mass is 269 g/mol. The molecule has 0 radical (unpaired) electrons. The molecule has 0 atom stereocenters. The zero-order valence-corrected chi connectivity index (χ0v) is 12.1. The first-order valence-corrected chi connectivity index (χ1v) is 6.66. The van der Waals surface area contributed by atoms with E-state index < -0.39 is 0 Å². The summed E-state index contributed by atoms with van der Waals surface area (Å²) in [5.74, 6) is 0.632. The molecule has 3 nitrogen and oxygen atoms in total. The Morgan fingerprint density at radius 1 is 1.10 bits per heavy atom. The Bertz CT molecular complexity index is 613. The molecular formula is C17H19NO2. The molecule has 0 heterocycles. The molecule has 20 heavy (non-hydrogen) atoms. The smallest absolute Gasteiger partial charge is 0.161 e. The second-order valence-corrected chi connectivity index (χ2v) is 4.76. The van der Waals surface area contributed by atoms with Gasteiger partial charge in [0.2, 0.25) is 0 Å². The van der Waals surface area contributed by atoms with Crippen LogP contribution in [0.3, 0.4) is 0 Å². The maximum Gasteiger partial charge on any atom is 0.161 e. The van der Waals surface area contributed by atoms with E-state index in [0.717, 1.165) is 11.3 Å². The minimum absolute atomic E-state index is 0.149. The Balaban J connectivity index is 2.24. The predicted molar refractivity (Wildman–Crippen MR) is 82.4 cm³/mol. The second kappa shape index (κ2) is 6.24. The van der Waals surface area contributed by atoms with Crippen LogP contribution in [0.4, 0.5) is 5.69 Å². The van der Waals surface area contributed by atoms with Crippen molar-refractivity contribution in [1.82, 2.24) is 0 Å². The fraction of sp³-hybridized carbons (Fsp3) is 0.235. The molecule has 2 rings (SSSR count). The number of benzene rings is 2. The van der Waals surface area contributed by atoms with Crippen LogP contribution < -0.4 is 4.74 Å². The van der Waals surface area contributed by atoms with Crippen LogP contribution in [0.2, 0.25) is 0 Å². The number of phenolic OH excluding ortho intramolecular Hbond substituents is 1. The van der Waals surface area contributed by atoms with Gasteiger partial charge in [-0.1, -0.05) is 6.07 Å². The number of hydrogen-bond donors (Lipinski definition) is 1. The zero-order valence-electron chi connectivity index (χ0n) is 12.1. The number of phenols is 1. The Morgan fingerprint density at radius 2 is 1.80 bits per heavy atom. The van der Waals surface area contributed by atoms with Crippen LogP contribution in [0.25, 0.3) is 0 Å². The summed E-state index contributed by atoms with van der Waals surface area (Å²) in [4.78, 5) is 4.47. The Labute approximate surface area is 119 Å². The topological polar surface area (TPSA) is 41.8 Å². The number of ether oxygens (including phenoxy) is 1. The summed E-state index contributed by atoms with van der Waals surface area (Å²) in [6, 6.07) is 11.4. The number of rotatable bonds is 4. The van der Waals surface area contributed by atoms with Crippen molar-refractivity contribution in [2.24, 2.45) is 4.99 Å². The molecule has 0 aliphatic rings. The Kier molecular flexibility index (Phi) is 4.41. The van der Waals surface area contributed by atoms with Gasteiger partial charge in [0.25, 0.3) is 0 Å². The molecule has 0 saturated carbocycles. The third kappa shape index (κ3) is 3.60. The summed E-state index contributed by atoms with van der Waals surface area (Å²) < 4.78 is 5.36. The molecule has 0 amide bonds. The molecule has 0 aromatic heterocycles. The van der Waals surface area contributed by atoms with Gasteiger partial charge in [-0.15, -0.1) is 0 Å². The molecule has 2 aromatic carbocycles. The third-order valence-electron chi connectivity index (χ3n) is 2.85. The molecule has 104 valence electrons. The normalized spacial score (nSPS) is 10.9. The van der Waals surface area contributed by atoms with Crippen LogP contribution in [-0.2, 0) is 0 Å². The standard InChI is InChI=1S/C17H19NO2/c1-4-20-17-10-14(5-6-16(17)19)11-18-15-8-12(2)7-13(3)9-15/h5-11,19H,4H2,1-3H3. The molecule has 2 aromatic rings. The molecule has 0 bridgehead atoms. The maximum absolute atomic E-state index is 9.65. The first-order chi connectivity index (χ1) is 9.58. The van der Waals surface area contributed by atoms with Crippen molar-refractivity contribution < 1.29 is 9.84 Å². The lowest BCUT2D eigenvalue weighted by Gasteiger charge is -2.06. The average molecular weight is 269 g/mol. The lowest BCUT2D eigenvalue weighted by Crippen LogP contribution is -1.93. The third-order valence-corrected chi connectivity index (χ3v) is 2.85. The number of aliphatic imine (C=N–C) groups is 1. The van der Waals surface area contributed by atoms with Gasteiger partial charge < -0.3 is 9.84 Å². The first-order valence-electron chi connectivity index (χ1n) is 6.66. The maximum atomic E-state index is 9.65. The van der Waals surface area contributed by atoms with Crippen molar-refractivity contribution >= 4 is 11.9 Å². The summed E-state index contributed by atoms with van der Waals surface area (Å²) in [6.07, 6.45) is 1.77. The van der Waals surface area contributed by atoms with Gasteiger partial charge in [0.05, 0.1) is 12.3 Å². The van der Waals surface area contributed by atoms with Gasteiger partial charge in [0.1, 0.15) is 0 Å². The highest BCUT2D eigenvalue weighted by Gasteiger charge is 2.02. The van der Waals surface area contributed by atoms with Gasteiger partial charge in [-0.05, 0) is 67.8 Å². The molecule has 0 saturated heterocycles. The van der Waals surface area contributed by atoms with E-state index in [9.17, 15) is 5.11 Å². The van der Waals surface area contributed by atoms with E-state index in [1.807, 2.05) is 25.1 Å². The van der Waals surface area contributed by atoms with Gasteiger partial charge in [0, 0.05) is 6.21 Å². The van der Waals surface area contributed by atoms with Crippen molar-refractivity contribution in [3.8, 4) is 11.5 Å². The molecular weight excluding hydrogens is 250 g/mol. The van der Waals surface area contributed by atoms with E-state index in [1.54, 1.807) is 18.3 Å². The van der Waals surface area contributed by atoms with Crippen LogP contribution in [0, 0.1) is 13.8 Å². The fourth-order valence-corrected chi connectivity index (χ4v) is 2.06. The summed E-state index contributed by atoms with van der Waals surface area (Å²) in [5, 5.41) is 9.65. The van der Waals surface area contributed by atoms with Gasteiger partial charge >= 0.3 is 0 Å². The van der Waals surface area contributed by atoms with Crippen molar-refractivity contribution in [3.05, 3.63) is 53.1 Å². The Hall–Kier alpha value is -2.29. The zero-order chi connectivity index (χ0) is 14.5. The summed E-state index contributed by atoms with van der Waals surface area (Å²) in [5.41, 5.74) is 4.20. The molecule has 0 fully saturated rings. The number of aromatic hydroxyl groups is 1. The largest absolute Gasteiger partial charge is 0.504 e. The number of hydrogen-bond acceptors (Lipinski definition) is 3. The molecule has 0 aliphatic carbocycles. The van der Waals surface area contributed by atoms with Crippen LogP contribution >= 0.6 is 0 Å². The predicted octanol–water partition coefficient (Wildman–Crippen LogP) is 4.16. The molecule has 0 spiro atoms. The van der Waals surface area contributed by atoms with Crippen LogP contribution in [-0.4, -0.2) is 17.9 Å². The second-order valence-electron chi connectivity index (χ2n) is 4.76. The average Bonchev–Trinajstić information content (AvgIpc) is 2.39. The van der Waals surface area contributed by atoms with E-state index in [4.69, 9.17) is 4.74 Å². The van der Waals surface area contributed by atoms with Crippen LogP contribution in [0.5, 0.6) is 11.5 Å². The van der Waals surface area contributed by atoms with E-state index in [1.165, 1.54) is 11.1 Å². The summed E-state index contributed by atoms with van der Waals surface area (Å²) in [6.45, 7) is 6.51. The highest BCUT2D eigenvalue weighted by atomic mass is 16.5. The minimum Gasteiger partial charge on any atom is -0.504 e. The van der Waals surface area contributed by atoms with Crippen molar-refractivity contribution in [3.63, 3.8) is 0 Å². The number of aryl methyl sites for hydroxylation is 2. The van der Waals surface area contributed by atoms with Gasteiger partial charge in [-0.25, -0.2) is 0 Å². The van der Waals surface area contributed by atoms with E-state index in [0.29, 0.717) is 12.4 Å². The summed E-state index contributed by atoms with van der Waals surface area (Å²) in [7, 11) is 0. The van der Waals surface area contributed by atoms with Crippen molar-refractivity contribution in [2.45, 2.75) is 20.8 Å². The quantitative estimate of drug-likeness (QED) is 0.847. The summed E-state index contributed by atoms with van der Waals surface area (Å²) >= 11 is 0.